The SMILES string of the molecule is C=C.C=C/C=C(\NC(=O)c1ccccc1)C(=O)OC.C=CC=O.COC(=O)C(NC(=O)c1ccccc1)P(=O)(OC)OC.COC([O-])=C(NC(=O)c1ccccc1)P(=O)(OC)OC. The van der Waals surface area contributed by atoms with E-state index in [0.717, 1.165) is 42.7 Å². The van der Waals surface area contributed by atoms with Crippen molar-refractivity contribution < 1.29 is 75.3 Å². The molecule has 342 valence electrons. The van der Waals surface area contributed by atoms with Gasteiger partial charge in [-0.25, -0.2) is 9.59 Å². The third-order valence-corrected chi connectivity index (χ3v) is 10.8. The summed E-state index contributed by atoms with van der Waals surface area (Å²) in [6, 6.07) is 24.9. The molecule has 0 aliphatic heterocycles. The first-order valence-electron chi connectivity index (χ1n) is 17.6. The van der Waals surface area contributed by atoms with Crippen LogP contribution in [0.1, 0.15) is 31.1 Å². The summed E-state index contributed by atoms with van der Waals surface area (Å²) >= 11 is 0. The van der Waals surface area contributed by atoms with Crippen molar-refractivity contribution in [2.45, 2.75) is 5.78 Å². The predicted molar refractivity (Wildman–Crippen MR) is 233 cm³/mol. The van der Waals surface area contributed by atoms with Gasteiger partial charge in [0.05, 0.1) is 20.2 Å². The summed E-state index contributed by atoms with van der Waals surface area (Å²) in [5.74, 6) is -5.65. The quantitative estimate of drug-likeness (QED) is 0.0296. The number of rotatable bonds is 17. The molecule has 0 aliphatic rings. The normalized spacial score (nSPS) is 11.2. The van der Waals surface area contributed by atoms with Crippen molar-refractivity contribution >= 4 is 51.1 Å². The van der Waals surface area contributed by atoms with Gasteiger partial charge < -0.3 is 53.4 Å². The van der Waals surface area contributed by atoms with E-state index in [4.69, 9.17) is 13.8 Å². The number of hydrogen-bond acceptors (Lipinski definition) is 16. The van der Waals surface area contributed by atoms with E-state index in [9.17, 15) is 38.2 Å². The molecule has 19 nitrogen and oxygen atoms in total. The fourth-order valence-electron chi connectivity index (χ4n) is 3.99. The van der Waals surface area contributed by atoms with Gasteiger partial charge in [0.1, 0.15) is 12.0 Å². The Balaban J connectivity index is 0. The van der Waals surface area contributed by atoms with E-state index < -0.39 is 56.1 Å². The van der Waals surface area contributed by atoms with Crippen molar-refractivity contribution in [1.82, 2.24) is 16.0 Å². The summed E-state index contributed by atoms with van der Waals surface area (Å²) in [5, 5.41) is 18.6. The smallest absolute Gasteiger partial charge is 0.378 e. The Bertz CT molecular complexity index is 2060. The van der Waals surface area contributed by atoms with Gasteiger partial charge in [-0.15, -0.1) is 13.2 Å². The average Bonchev–Trinajstić information content (AvgIpc) is 3.35. The monoisotopic (exact) mass is 916 g/mol. The standard InChI is InChI=1S/C13H13NO3.2C12H16NO6P.C3H4O.C2H4/c1-3-7-11(13(16)17-2)14-12(15)10-8-5-4-6-9-10;2*1-17-12(15)11(20(16,18-2)19-3)13-10(14)9-7-5-4-6-8-9;1-2-3-4;1-2/h3-9H,1H2,2H3,(H,14,15);4-8,15H,1-3H3,(H,13,14);4-8,11H,1-3H3,(H,13,14);2-3H,1H2;1-2H2/p-1/b11-7-;;;;. The summed E-state index contributed by atoms with van der Waals surface area (Å²) in [6.07, 6.45) is 4.62. The Morgan fingerprint density at radius 2 is 1.00 bits per heavy atom. The number of methoxy groups -OCH3 is 3. The number of ether oxygens (including phenoxy) is 3. The van der Waals surface area contributed by atoms with Crippen LogP contribution in [0.2, 0.25) is 0 Å². The molecule has 0 radical (unpaired) electrons. The maximum atomic E-state index is 12.3. The molecule has 0 heterocycles. The number of carbonyl (C=O) groups excluding carboxylic acids is 6. The third kappa shape index (κ3) is 20.6. The van der Waals surface area contributed by atoms with Gasteiger partial charge in [0.2, 0.25) is 5.78 Å². The second-order valence-electron chi connectivity index (χ2n) is 10.7. The number of hydrogen-bond donors (Lipinski definition) is 3. The Hall–Kier alpha value is -6.72. The molecule has 3 amide bonds. The average molecular weight is 917 g/mol. The van der Waals surface area contributed by atoms with Crippen LogP contribution in [0, 0.1) is 0 Å². The number of nitrogens with one attached hydrogen (secondary N) is 3. The first kappa shape index (κ1) is 58.4. The zero-order valence-corrected chi connectivity index (χ0v) is 37.6. The number of esters is 2. The van der Waals surface area contributed by atoms with Crippen LogP contribution in [0.15, 0.2) is 153 Å². The molecule has 3 N–H and O–H groups in total. The van der Waals surface area contributed by atoms with Crippen LogP contribution >= 0.6 is 15.2 Å². The zero-order valence-electron chi connectivity index (χ0n) is 35.8. The van der Waals surface area contributed by atoms with E-state index in [2.05, 4.69) is 65.5 Å². The second-order valence-corrected chi connectivity index (χ2v) is 15.2. The number of carbonyl (C=O) groups is 6. The van der Waals surface area contributed by atoms with Crippen LogP contribution in [0.3, 0.4) is 0 Å². The van der Waals surface area contributed by atoms with Gasteiger partial charge in [0.25, 0.3) is 17.7 Å². The molecule has 21 heteroatoms. The van der Waals surface area contributed by atoms with E-state index in [1.807, 2.05) is 0 Å². The first-order valence-corrected chi connectivity index (χ1v) is 20.7. The van der Waals surface area contributed by atoms with Crippen molar-refractivity contribution in [3.63, 3.8) is 0 Å². The fraction of sp³-hybridized carbons (Fsp3) is 0.190. The molecule has 0 bridgehead atoms. The second kappa shape index (κ2) is 33.0. The molecule has 0 aliphatic carbocycles. The van der Waals surface area contributed by atoms with E-state index >= 15 is 0 Å². The summed E-state index contributed by atoms with van der Waals surface area (Å²) in [7, 11) is 0.110. The van der Waals surface area contributed by atoms with Gasteiger partial charge in [-0.05, 0) is 55.7 Å². The summed E-state index contributed by atoms with van der Waals surface area (Å²) in [6.45, 7) is 12.6. The molecule has 0 saturated carbocycles. The van der Waals surface area contributed by atoms with Gasteiger partial charge in [0, 0.05) is 45.1 Å². The first-order chi connectivity index (χ1) is 30.1. The van der Waals surface area contributed by atoms with Gasteiger partial charge in [-0.1, -0.05) is 73.8 Å². The van der Waals surface area contributed by atoms with Gasteiger partial charge in [-0.3, -0.25) is 28.3 Å². The lowest BCUT2D eigenvalue weighted by molar-refractivity contribution is -0.354. The Morgan fingerprint density at radius 3 is 1.32 bits per heavy atom. The lowest BCUT2D eigenvalue weighted by Gasteiger charge is -2.23. The van der Waals surface area contributed by atoms with Crippen molar-refractivity contribution in [3.05, 3.63) is 169 Å². The lowest BCUT2D eigenvalue weighted by Crippen LogP contribution is -2.42. The van der Waals surface area contributed by atoms with E-state index in [-0.39, 0.29) is 17.2 Å². The van der Waals surface area contributed by atoms with Crippen LogP contribution in [0.4, 0.5) is 0 Å². The van der Waals surface area contributed by atoms with Crippen molar-refractivity contribution in [2.75, 3.05) is 49.8 Å². The minimum atomic E-state index is -3.93. The third-order valence-electron chi connectivity index (χ3n) is 7.02. The molecular formula is C42H52N3O16P2-. The van der Waals surface area contributed by atoms with E-state index in [1.165, 1.54) is 37.5 Å². The van der Waals surface area contributed by atoms with Crippen LogP contribution < -0.4 is 21.1 Å². The highest BCUT2D eigenvalue weighted by Gasteiger charge is 2.42. The Morgan fingerprint density at radius 1 is 0.603 bits per heavy atom. The van der Waals surface area contributed by atoms with Gasteiger partial charge in [-0.2, -0.15) is 0 Å². The predicted octanol–water partition coefficient (Wildman–Crippen LogP) is 5.27. The van der Waals surface area contributed by atoms with Crippen LogP contribution in [0.25, 0.3) is 0 Å². The summed E-state index contributed by atoms with van der Waals surface area (Å²) in [5.41, 5.74) is 0.536. The fourth-order valence-corrected chi connectivity index (χ4v) is 6.27. The Labute approximate surface area is 366 Å². The number of amides is 3. The molecule has 63 heavy (non-hydrogen) atoms. The molecule has 3 aromatic carbocycles. The largest absolute Gasteiger partial charge is 0.615 e. The Kier molecular flexibility index (Phi) is 30.6. The van der Waals surface area contributed by atoms with Crippen molar-refractivity contribution in [3.8, 4) is 0 Å². The minimum Gasteiger partial charge on any atom is -0.615 e. The number of allylic oxidation sites excluding steroid dienone is 3. The molecule has 3 aromatic rings. The zero-order chi connectivity index (χ0) is 48.4. The molecule has 1 unspecified atom stereocenters. The van der Waals surface area contributed by atoms with Gasteiger partial charge >= 0.3 is 27.1 Å². The summed E-state index contributed by atoms with van der Waals surface area (Å²) in [4.78, 5) is 67.8. The highest BCUT2D eigenvalue weighted by molar-refractivity contribution is 7.58. The molecule has 3 rings (SSSR count). The van der Waals surface area contributed by atoms with Crippen molar-refractivity contribution in [2.24, 2.45) is 0 Å². The van der Waals surface area contributed by atoms with Crippen molar-refractivity contribution in [1.29, 1.82) is 0 Å². The van der Waals surface area contributed by atoms with E-state index in [1.54, 1.807) is 78.9 Å². The highest BCUT2D eigenvalue weighted by atomic mass is 31.2. The molecule has 0 fully saturated rings. The lowest BCUT2D eigenvalue weighted by atomic mass is 10.2. The van der Waals surface area contributed by atoms with Gasteiger partial charge in [0.15, 0.2) is 5.44 Å². The molecule has 0 saturated heterocycles. The molecular weight excluding hydrogens is 864 g/mol. The van der Waals surface area contributed by atoms with Crippen LogP contribution in [-0.4, -0.2) is 91.5 Å². The maximum Gasteiger partial charge on any atom is 0.378 e. The summed E-state index contributed by atoms with van der Waals surface area (Å²) < 4.78 is 56.8. The number of aldehydes is 1. The highest BCUT2D eigenvalue weighted by Crippen LogP contribution is 2.54. The van der Waals surface area contributed by atoms with Crippen LogP contribution in [0.5, 0.6) is 0 Å². The molecule has 0 aromatic heterocycles. The van der Waals surface area contributed by atoms with E-state index in [0.29, 0.717) is 17.4 Å². The van der Waals surface area contributed by atoms with Crippen LogP contribution in [-0.2, 0) is 55.8 Å². The molecule has 1 atom stereocenters. The minimum absolute atomic E-state index is 0.0522. The molecule has 0 spiro atoms. The topological polar surface area (TPSA) is 260 Å². The number of benzene rings is 3. The maximum absolute atomic E-state index is 12.3.